The summed E-state index contributed by atoms with van der Waals surface area (Å²) in [7, 11) is 1.37. The first-order valence-corrected chi connectivity index (χ1v) is 7.00. The Kier molecular flexibility index (Phi) is 5.79. The molecule has 0 bridgehead atoms. The highest BCUT2D eigenvalue weighted by Crippen LogP contribution is 2.22. The van der Waals surface area contributed by atoms with Crippen LogP contribution >= 0.6 is 0 Å². The van der Waals surface area contributed by atoms with E-state index in [-0.39, 0.29) is 18.3 Å². The Morgan fingerprint density at radius 1 is 1.42 bits per heavy atom. The van der Waals surface area contributed by atoms with Crippen LogP contribution in [0, 0.1) is 5.92 Å². The second kappa shape index (κ2) is 6.89. The fraction of sp³-hybridized carbons (Fsp3) is 0.857. The van der Waals surface area contributed by atoms with Gasteiger partial charge in [-0.05, 0) is 32.2 Å². The highest BCUT2D eigenvalue weighted by Gasteiger charge is 2.38. The zero-order valence-electron chi connectivity index (χ0n) is 12.5. The molecule has 0 aliphatic carbocycles. The molecule has 1 N–H and O–H groups in total. The van der Waals surface area contributed by atoms with Gasteiger partial charge in [-0.15, -0.1) is 0 Å². The van der Waals surface area contributed by atoms with Crippen LogP contribution in [-0.4, -0.2) is 49.1 Å². The van der Waals surface area contributed by atoms with E-state index in [2.05, 4.69) is 23.9 Å². The lowest BCUT2D eigenvalue weighted by molar-refractivity contribution is -0.143. The van der Waals surface area contributed by atoms with E-state index in [9.17, 15) is 9.59 Å². The number of amides is 1. The van der Waals surface area contributed by atoms with Gasteiger partial charge in [-0.3, -0.25) is 9.59 Å². The van der Waals surface area contributed by atoms with Crippen molar-refractivity contribution in [1.82, 2.24) is 10.2 Å². The van der Waals surface area contributed by atoms with Crippen LogP contribution in [-0.2, 0) is 14.3 Å². The summed E-state index contributed by atoms with van der Waals surface area (Å²) in [6, 6.07) is 0. The molecule has 1 aliphatic heterocycles. The standard InChI is InChI=1S/C14H26N2O3/c1-11(2)10-16(9-6-12(17)19-4)13(18)14(3)7-5-8-15-14/h11,15H,5-10H2,1-4H3. The third-order valence-electron chi connectivity index (χ3n) is 3.53. The first kappa shape index (κ1) is 16.0. The normalized spacial score (nSPS) is 22.6. The molecule has 1 amide bonds. The Hall–Kier alpha value is -1.10. The van der Waals surface area contributed by atoms with Crippen LogP contribution < -0.4 is 5.32 Å². The van der Waals surface area contributed by atoms with E-state index in [1.807, 2.05) is 6.92 Å². The van der Waals surface area contributed by atoms with E-state index < -0.39 is 5.54 Å². The maximum atomic E-state index is 12.6. The second-order valence-electron chi connectivity index (χ2n) is 5.83. The number of nitrogens with zero attached hydrogens (tertiary/aromatic N) is 1. The van der Waals surface area contributed by atoms with Gasteiger partial charge in [0, 0.05) is 13.1 Å². The van der Waals surface area contributed by atoms with Crippen LogP contribution in [0.4, 0.5) is 0 Å². The number of carbonyl (C=O) groups is 2. The van der Waals surface area contributed by atoms with Gasteiger partial charge in [0.2, 0.25) is 5.91 Å². The lowest BCUT2D eigenvalue weighted by atomic mass is 9.97. The lowest BCUT2D eigenvalue weighted by Crippen LogP contribution is -2.54. The molecule has 19 heavy (non-hydrogen) atoms. The summed E-state index contributed by atoms with van der Waals surface area (Å²) in [6.45, 7) is 8.09. The molecule has 1 aliphatic rings. The van der Waals surface area contributed by atoms with E-state index in [1.54, 1.807) is 4.90 Å². The van der Waals surface area contributed by atoms with E-state index >= 15 is 0 Å². The number of hydrogen-bond donors (Lipinski definition) is 1. The van der Waals surface area contributed by atoms with Crippen molar-refractivity contribution in [1.29, 1.82) is 0 Å². The van der Waals surface area contributed by atoms with Crippen molar-refractivity contribution in [2.45, 2.75) is 45.6 Å². The Bertz CT molecular complexity index is 323. The molecule has 1 unspecified atom stereocenters. The molecule has 1 rings (SSSR count). The number of rotatable bonds is 6. The number of carbonyl (C=O) groups excluding carboxylic acids is 2. The highest BCUT2D eigenvalue weighted by atomic mass is 16.5. The zero-order chi connectivity index (χ0) is 14.5. The first-order chi connectivity index (χ1) is 8.89. The van der Waals surface area contributed by atoms with E-state index in [0.717, 1.165) is 19.4 Å². The van der Waals surface area contributed by atoms with Crippen molar-refractivity contribution in [2.24, 2.45) is 5.92 Å². The van der Waals surface area contributed by atoms with Gasteiger partial charge in [0.05, 0.1) is 19.1 Å². The van der Waals surface area contributed by atoms with Crippen molar-refractivity contribution >= 4 is 11.9 Å². The van der Waals surface area contributed by atoms with Crippen LogP contribution in [0.2, 0.25) is 0 Å². The summed E-state index contributed by atoms with van der Waals surface area (Å²) < 4.78 is 4.64. The molecule has 110 valence electrons. The van der Waals surface area contributed by atoms with Crippen LogP contribution in [0.1, 0.15) is 40.0 Å². The number of nitrogens with one attached hydrogen (secondary N) is 1. The molecule has 0 aromatic carbocycles. The third-order valence-corrected chi connectivity index (χ3v) is 3.53. The molecule has 0 saturated carbocycles. The van der Waals surface area contributed by atoms with Gasteiger partial charge in [-0.1, -0.05) is 13.8 Å². The van der Waals surface area contributed by atoms with Crippen LogP contribution in [0.3, 0.4) is 0 Å². The minimum absolute atomic E-state index is 0.0996. The quantitative estimate of drug-likeness (QED) is 0.736. The molecule has 1 saturated heterocycles. The molecule has 0 spiro atoms. The largest absolute Gasteiger partial charge is 0.469 e. The van der Waals surface area contributed by atoms with Gasteiger partial charge in [-0.2, -0.15) is 0 Å². The summed E-state index contributed by atoms with van der Waals surface area (Å²) in [4.78, 5) is 25.7. The third kappa shape index (κ3) is 4.49. The molecule has 5 nitrogen and oxygen atoms in total. The molecular formula is C14H26N2O3. The number of hydrogen-bond acceptors (Lipinski definition) is 4. The van der Waals surface area contributed by atoms with Gasteiger partial charge in [0.25, 0.3) is 0 Å². The molecule has 1 heterocycles. The van der Waals surface area contributed by atoms with Gasteiger partial charge >= 0.3 is 5.97 Å². The molecular weight excluding hydrogens is 244 g/mol. The summed E-state index contributed by atoms with van der Waals surface area (Å²) in [5, 5.41) is 3.28. The van der Waals surface area contributed by atoms with Gasteiger partial charge in [0.1, 0.15) is 0 Å². The summed E-state index contributed by atoms with van der Waals surface area (Å²) in [5.74, 6) is 0.209. The van der Waals surface area contributed by atoms with Gasteiger partial charge < -0.3 is 15.0 Å². The predicted octanol–water partition coefficient (Wildman–Crippen LogP) is 1.18. The fourth-order valence-electron chi connectivity index (χ4n) is 2.47. The Labute approximate surface area is 115 Å². The topological polar surface area (TPSA) is 58.6 Å². The Balaban J connectivity index is 2.66. The SMILES string of the molecule is COC(=O)CCN(CC(C)C)C(=O)C1(C)CCCN1. The molecule has 0 aromatic heterocycles. The summed E-state index contributed by atoms with van der Waals surface area (Å²) in [5.41, 5.74) is -0.467. The van der Waals surface area contributed by atoms with Crippen molar-refractivity contribution < 1.29 is 14.3 Å². The van der Waals surface area contributed by atoms with Crippen LogP contribution in [0.15, 0.2) is 0 Å². The molecule has 0 radical (unpaired) electrons. The van der Waals surface area contributed by atoms with Crippen molar-refractivity contribution in [3.05, 3.63) is 0 Å². The Morgan fingerprint density at radius 3 is 2.58 bits per heavy atom. The maximum Gasteiger partial charge on any atom is 0.307 e. The zero-order valence-corrected chi connectivity index (χ0v) is 12.5. The van der Waals surface area contributed by atoms with Gasteiger partial charge in [-0.25, -0.2) is 0 Å². The molecule has 5 heteroatoms. The van der Waals surface area contributed by atoms with Crippen molar-refractivity contribution in [3.8, 4) is 0 Å². The average Bonchev–Trinajstić information content (AvgIpc) is 2.80. The van der Waals surface area contributed by atoms with Crippen LogP contribution in [0.25, 0.3) is 0 Å². The van der Waals surface area contributed by atoms with Crippen LogP contribution in [0.5, 0.6) is 0 Å². The summed E-state index contributed by atoms with van der Waals surface area (Å²) in [6.07, 6.45) is 2.14. The molecule has 1 atom stereocenters. The van der Waals surface area contributed by atoms with E-state index in [0.29, 0.717) is 19.0 Å². The molecule has 0 aromatic rings. The number of methoxy groups -OCH3 is 1. The van der Waals surface area contributed by atoms with Crippen molar-refractivity contribution in [3.63, 3.8) is 0 Å². The lowest BCUT2D eigenvalue weighted by Gasteiger charge is -2.33. The number of esters is 1. The second-order valence-corrected chi connectivity index (χ2v) is 5.83. The predicted molar refractivity (Wildman–Crippen MR) is 73.7 cm³/mol. The van der Waals surface area contributed by atoms with Crippen molar-refractivity contribution in [2.75, 3.05) is 26.7 Å². The van der Waals surface area contributed by atoms with E-state index in [4.69, 9.17) is 0 Å². The average molecular weight is 270 g/mol. The minimum Gasteiger partial charge on any atom is -0.469 e. The smallest absolute Gasteiger partial charge is 0.307 e. The highest BCUT2D eigenvalue weighted by molar-refractivity contribution is 5.86. The fourth-order valence-corrected chi connectivity index (χ4v) is 2.47. The minimum atomic E-state index is -0.467. The monoisotopic (exact) mass is 270 g/mol. The van der Waals surface area contributed by atoms with Gasteiger partial charge in [0.15, 0.2) is 0 Å². The van der Waals surface area contributed by atoms with E-state index in [1.165, 1.54) is 7.11 Å². The number of ether oxygens (including phenoxy) is 1. The molecule has 1 fully saturated rings. The maximum absolute atomic E-state index is 12.6. The Morgan fingerprint density at radius 2 is 2.11 bits per heavy atom. The summed E-state index contributed by atoms with van der Waals surface area (Å²) >= 11 is 0. The first-order valence-electron chi connectivity index (χ1n) is 7.00.